The van der Waals surface area contributed by atoms with Gasteiger partial charge in [-0.2, -0.15) is 26.3 Å². The molecule has 0 atom stereocenters. The third-order valence-corrected chi connectivity index (χ3v) is 5.86. The molecule has 0 radical (unpaired) electrons. The van der Waals surface area contributed by atoms with Gasteiger partial charge in [0, 0.05) is 37.1 Å². The van der Waals surface area contributed by atoms with Crippen LogP contribution in [0.4, 0.5) is 30.7 Å². The Morgan fingerprint density at radius 3 is 1.97 bits per heavy atom. The van der Waals surface area contributed by atoms with Crippen molar-refractivity contribution >= 4 is 16.8 Å². The highest BCUT2D eigenvalue weighted by Gasteiger charge is 2.37. The molecule has 1 heterocycles. The number of halogens is 7. The first-order chi connectivity index (χ1) is 16.8. The van der Waals surface area contributed by atoms with E-state index < -0.39 is 41.7 Å². The van der Waals surface area contributed by atoms with Gasteiger partial charge in [-0.3, -0.25) is 4.79 Å². The minimum absolute atomic E-state index is 0.0435. The lowest BCUT2D eigenvalue weighted by molar-refractivity contribution is -0.143. The lowest BCUT2D eigenvalue weighted by Gasteiger charge is -2.21. The van der Waals surface area contributed by atoms with Crippen LogP contribution >= 0.6 is 0 Å². The number of amides is 1. The Hall–Kier alpha value is -3.82. The highest BCUT2D eigenvalue weighted by atomic mass is 19.4. The fraction of sp³-hybridized carbons (Fsp3) is 0.192. The SMILES string of the molecule is CN(Cc1cc(C(F)(F)F)cc(C(F)(F)F)c1)C(=O)c1c(-c2ccc(F)cc2)c2ccccc2n1C. The Morgan fingerprint density at radius 2 is 1.42 bits per heavy atom. The van der Waals surface area contributed by atoms with Gasteiger partial charge in [0.2, 0.25) is 0 Å². The molecule has 0 unspecified atom stereocenters. The van der Waals surface area contributed by atoms with Gasteiger partial charge >= 0.3 is 12.4 Å². The lowest BCUT2D eigenvalue weighted by atomic mass is 10.0. The predicted molar refractivity (Wildman–Crippen MR) is 121 cm³/mol. The summed E-state index contributed by atoms with van der Waals surface area (Å²) in [6.07, 6.45) is -9.99. The second kappa shape index (κ2) is 9.00. The molecule has 0 saturated carbocycles. The van der Waals surface area contributed by atoms with Crippen molar-refractivity contribution in [3.05, 3.63) is 94.9 Å². The molecule has 0 bridgehead atoms. The van der Waals surface area contributed by atoms with Crippen LogP contribution in [0.15, 0.2) is 66.7 Å². The molecule has 1 amide bonds. The Morgan fingerprint density at radius 1 is 0.861 bits per heavy atom. The molecule has 188 valence electrons. The molecule has 10 heteroatoms. The summed E-state index contributed by atoms with van der Waals surface area (Å²) in [6, 6.07) is 13.8. The number of hydrogen-bond donors (Lipinski definition) is 0. The van der Waals surface area contributed by atoms with Crippen molar-refractivity contribution in [1.82, 2.24) is 9.47 Å². The van der Waals surface area contributed by atoms with Crippen LogP contribution in [0.3, 0.4) is 0 Å². The van der Waals surface area contributed by atoms with Crippen molar-refractivity contribution in [3.8, 4) is 11.1 Å². The normalized spacial score (nSPS) is 12.2. The van der Waals surface area contributed by atoms with E-state index in [0.29, 0.717) is 34.2 Å². The van der Waals surface area contributed by atoms with Crippen molar-refractivity contribution < 1.29 is 35.5 Å². The molecule has 0 fully saturated rings. The van der Waals surface area contributed by atoms with Gasteiger partial charge < -0.3 is 9.47 Å². The van der Waals surface area contributed by atoms with E-state index in [4.69, 9.17) is 0 Å². The summed E-state index contributed by atoms with van der Waals surface area (Å²) < 4.78 is 94.7. The second-order valence-corrected chi connectivity index (χ2v) is 8.38. The molecule has 0 aliphatic rings. The van der Waals surface area contributed by atoms with Gasteiger partial charge in [0.05, 0.1) is 11.1 Å². The van der Waals surface area contributed by atoms with E-state index in [9.17, 15) is 35.5 Å². The van der Waals surface area contributed by atoms with Gasteiger partial charge in [-0.05, 0) is 47.5 Å². The number of nitrogens with zero attached hydrogens (tertiary/aromatic N) is 2. The smallest absolute Gasteiger partial charge is 0.339 e. The third kappa shape index (κ3) is 4.80. The molecular weight excluding hydrogens is 489 g/mol. The highest BCUT2D eigenvalue weighted by molar-refractivity contribution is 6.10. The molecule has 36 heavy (non-hydrogen) atoms. The second-order valence-electron chi connectivity index (χ2n) is 8.38. The van der Waals surface area contributed by atoms with E-state index in [1.54, 1.807) is 35.9 Å². The summed E-state index contributed by atoms with van der Waals surface area (Å²) >= 11 is 0. The van der Waals surface area contributed by atoms with Crippen molar-refractivity contribution in [2.24, 2.45) is 7.05 Å². The summed E-state index contributed by atoms with van der Waals surface area (Å²) in [4.78, 5) is 14.6. The number of aryl methyl sites for hydroxylation is 1. The van der Waals surface area contributed by atoms with Crippen LogP contribution in [0, 0.1) is 5.82 Å². The monoisotopic (exact) mass is 508 g/mol. The van der Waals surface area contributed by atoms with Crippen LogP contribution in [0.1, 0.15) is 27.2 Å². The molecule has 1 aromatic heterocycles. The van der Waals surface area contributed by atoms with Crippen LogP contribution in [0.25, 0.3) is 22.0 Å². The average molecular weight is 508 g/mol. The molecule has 0 N–H and O–H groups in total. The van der Waals surface area contributed by atoms with Crippen molar-refractivity contribution in [1.29, 1.82) is 0 Å². The summed E-state index contributed by atoms with van der Waals surface area (Å²) in [5, 5.41) is 0.682. The molecule has 4 aromatic rings. The van der Waals surface area contributed by atoms with Crippen LogP contribution in [-0.4, -0.2) is 22.4 Å². The molecule has 0 spiro atoms. The Labute approximate surface area is 201 Å². The van der Waals surface area contributed by atoms with Crippen molar-refractivity contribution in [2.75, 3.05) is 7.05 Å². The maximum absolute atomic E-state index is 13.6. The van der Waals surface area contributed by atoms with E-state index in [1.807, 2.05) is 0 Å². The standard InChI is InChI=1S/C26H19F7N2O/c1-34(14-15-11-17(25(28,29)30)13-18(12-15)26(31,32)33)24(36)23-22(16-7-9-19(27)10-8-16)20-5-3-4-6-21(20)35(23)2/h3-13H,14H2,1-2H3. The minimum atomic E-state index is -5.00. The van der Waals surface area contributed by atoms with E-state index in [0.717, 1.165) is 4.90 Å². The maximum Gasteiger partial charge on any atom is 0.416 e. The van der Waals surface area contributed by atoms with E-state index in [1.165, 1.54) is 31.3 Å². The lowest BCUT2D eigenvalue weighted by Crippen LogP contribution is -2.28. The zero-order valence-electron chi connectivity index (χ0n) is 19.0. The Kier molecular flexibility index (Phi) is 6.32. The van der Waals surface area contributed by atoms with Crippen LogP contribution in [0.5, 0.6) is 0 Å². The number of aromatic nitrogens is 1. The molecule has 3 nitrogen and oxygen atoms in total. The zero-order valence-corrected chi connectivity index (χ0v) is 19.0. The van der Waals surface area contributed by atoms with Gasteiger partial charge in [0.25, 0.3) is 5.91 Å². The number of alkyl halides is 6. The number of fused-ring (bicyclic) bond motifs is 1. The van der Waals surface area contributed by atoms with Crippen LogP contribution < -0.4 is 0 Å². The zero-order chi connectivity index (χ0) is 26.4. The molecular formula is C26H19F7N2O. The number of para-hydroxylation sites is 1. The number of benzene rings is 3. The summed E-state index contributed by atoms with van der Waals surface area (Å²) in [5.41, 5.74) is -1.39. The quantitative estimate of drug-likeness (QED) is 0.266. The Balaban J connectivity index is 1.79. The van der Waals surface area contributed by atoms with Crippen LogP contribution in [-0.2, 0) is 25.9 Å². The van der Waals surface area contributed by atoms with Gasteiger partial charge in [-0.1, -0.05) is 30.3 Å². The van der Waals surface area contributed by atoms with Gasteiger partial charge in [-0.15, -0.1) is 0 Å². The number of hydrogen-bond acceptors (Lipinski definition) is 1. The van der Waals surface area contributed by atoms with E-state index in [-0.39, 0.29) is 17.3 Å². The number of carbonyl (C=O) groups is 1. The molecule has 3 aromatic carbocycles. The van der Waals surface area contributed by atoms with E-state index >= 15 is 0 Å². The summed E-state index contributed by atoms with van der Waals surface area (Å²) in [6.45, 7) is -0.504. The minimum Gasteiger partial charge on any atom is -0.339 e. The first kappa shape index (κ1) is 25.3. The number of carbonyl (C=O) groups excluding carboxylic acids is 1. The summed E-state index contributed by atoms with van der Waals surface area (Å²) in [5.74, 6) is -1.10. The van der Waals surface area contributed by atoms with Crippen LogP contribution in [0.2, 0.25) is 0 Å². The van der Waals surface area contributed by atoms with Crippen molar-refractivity contribution in [2.45, 2.75) is 18.9 Å². The average Bonchev–Trinajstić information content (AvgIpc) is 3.10. The van der Waals surface area contributed by atoms with Gasteiger partial charge in [0.15, 0.2) is 0 Å². The fourth-order valence-corrected chi connectivity index (χ4v) is 4.19. The van der Waals surface area contributed by atoms with Gasteiger partial charge in [0.1, 0.15) is 11.5 Å². The maximum atomic E-state index is 13.6. The first-order valence-electron chi connectivity index (χ1n) is 10.6. The summed E-state index contributed by atoms with van der Waals surface area (Å²) in [7, 11) is 2.92. The molecule has 4 rings (SSSR count). The topological polar surface area (TPSA) is 25.2 Å². The highest BCUT2D eigenvalue weighted by Crippen LogP contribution is 2.38. The first-order valence-corrected chi connectivity index (χ1v) is 10.6. The molecule has 0 saturated heterocycles. The van der Waals surface area contributed by atoms with Gasteiger partial charge in [-0.25, -0.2) is 4.39 Å². The largest absolute Gasteiger partial charge is 0.416 e. The molecule has 0 aliphatic heterocycles. The van der Waals surface area contributed by atoms with Crippen molar-refractivity contribution in [3.63, 3.8) is 0 Å². The fourth-order valence-electron chi connectivity index (χ4n) is 4.19. The molecule has 0 aliphatic carbocycles. The van der Waals surface area contributed by atoms with E-state index in [2.05, 4.69) is 0 Å². The predicted octanol–water partition coefficient (Wildman–Crippen LogP) is 7.29. The number of rotatable bonds is 4. The Bertz CT molecular complexity index is 1400. The third-order valence-electron chi connectivity index (χ3n) is 5.86.